The maximum atomic E-state index is 14.7. The maximum Gasteiger partial charge on any atom is 0.246 e. The quantitative estimate of drug-likeness (QED) is 0.0241. The Morgan fingerprint density at radius 1 is 0.722 bits per heavy atom. The van der Waals surface area contributed by atoms with Gasteiger partial charge >= 0.3 is 0 Å². The molecule has 28 nitrogen and oxygen atoms in total. The summed E-state index contributed by atoms with van der Waals surface area (Å²) in [5.74, 6) is -10.8. The molecule has 18 N–H and O–H groups in total. The number of hydrogen-bond donors (Lipinski definition) is 13. The number of nitrogens with zero attached hydrogens (tertiary/aromatic N) is 2. The first-order valence-electron chi connectivity index (χ1n) is 25.0. The summed E-state index contributed by atoms with van der Waals surface area (Å²) in [5, 5.41) is 20.4. The molecule has 0 radical (unpaired) electrons. The summed E-state index contributed by atoms with van der Waals surface area (Å²) in [6.45, 7) is 0.687. The third kappa shape index (κ3) is 21.7. The molecule has 8 atom stereocenters. The molecule has 4 rings (SSSR count). The molecule has 12 amide bonds. The summed E-state index contributed by atoms with van der Waals surface area (Å²) in [4.78, 5) is 167. The van der Waals surface area contributed by atoms with Gasteiger partial charge in [-0.2, -0.15) is 0 Å². The fourth-order valence-electron chi connectivity index (χ4n) is 8.27. The fraction of sp³-hybridized carbons (Fsp3) is 0.490. The van der Waals surface area contributed by atoms with E-state index in [9.17, 15) is 57.5 Å². The van der Waals surface area contributed by atoms with Crippen LogP contribution in [0.3, 0.4) is 0 Å². The highest BCUT2D eigenvalue weighted by molar-refractivity contribution is 8.76. The SMILES string of the molecule is COc1ccc(C[C@H]2NC(=O)[C@H](NC(C)=O)CSSC[C@@H](C(=O)N3CCC[C@@H]3C(=O)N[C@@H](CCCN=C(N)N)C(=O)NCC(N)=O)NC(=O)[C@H](CC(N)=O)NC(=O)[C@@H](CCC(N)=O)NC(=O)[C@H](Cc3ccccc3)NC2=O)cc1. The Hall–Kier alpha value is -8.15. The number of carbonyl (C=O) groups excluding carboxylic acids is 12. The van der Waals surface area contributed by atoms with Gasteiger partial charge in [0.25, 0.3) is 0 Å². The standard InChI is InChI=1S/C49H69N15O13S2/c1-26(65)57-35-24-78-79-25-36(48(76)64-19-7-11-37(64)47(75)59-30(10-6-18-55-49(53)54)41(69)56-23-40(52)68)63-45(73)34(22-39(51)67)62-42(70)31(16-17-38(50)66)58-43(71)32(20-27-8-4-3-5-9-27)60-44(72)33(61-46(35)74)21-28-12-14-29(77-2)15-13-28/h3-5,8-9,12-15,30-37H,6-7,10-11,16-25H2,1-2H3,(H2,50,66)(H2,51,67)(H2,52,68)(H,56,69)(H,57,65)(H,58,71)(H,59,75)(H,60,72)(H,61,74)(H,62,70)(H,63,73)(H4,53,54,55)/t30-,31+,32-,33+,34-,35+,36-,37+/m0/s1. The first kappa shape index (κ1) is 63.4. The first-order valence-corrected chi connectivity index (χ1v) is 27.5. The minimum Gasteiger partial charge on any atom is -0.497 e. The molecule has 0 unspecified atom stereocenters. The highest BCUT2D eigenvalue weighted by Crippen LogP contribution is 2.26. The van der Waals surface area contributed by atoms with Gasteiger partial charge in [-0.05, 0) is 55.4 Å². The Bertz CT molecular complexity index is 2560. The van der Waals surface area contributed by atoms with Crippen LogP contribution in [0.4, 0.5) is 0 Å². The first-order chi connectivity index (χ1) is 37.5. The highest BCUT2D eigenvalue weighted by atomic mass is 33.1. The lowest BCUT2D eigenvalue weighted by molar-refractivity contribution is -0.142. The van der Waals surface area contributed by atoms with Gasteiger partial charge in [0.1, 0.15) is 54.1 Å². The maximum absolute atomic E-state index is 14.7. The number of hydrogen-bond acceptors (Lipinski definition) is 16. The second kappa shape index (κ2) is 31.9. The Kier molecular flexibility index (Phi) is 25.6. The van der Waals surface area contributed by atoms with Crippen LogP contribution in [0, 0.1) is 0 Å². The molecular weight excluding hydrogens is 1070 g/mol. The van der Waals surface area contributed by atoms with Crippen LogP contribution in [0.1, 0.15) is 63.0 Å². The molecule has 2 aliphatic rings. The Labute approximate surface area is 462 Å². The van der Waals surface area contributed by atoms with Crippen LogP contribution in [0.2, 0.25) is 0 Å². The number of ether oxygens (including phenoxy) is 1. The van der Waals surface area contributed by atoms with Gasteiger partial charge in [0.05, 0.1) is 20.1 Å². The number of aliphatic imine (C=N–C) groups is 1. The molecule has 0 aliphatic carbocycles. The zero-order valence-corrected chi connectivity index (χ0v) is 45.3. The van der Waals surface area contributed by atoms with Crippen LogP contribution in [0.25, 0.3) is 0 Å². The number of benzene rings is 2. The number of amides is 12. The molecule has 0 spiro atoms. The van der Waals surface area contributed by atoms with Crippen molar-refractivity contribution in [2.24, 2.45) is 33.7 Å². The highest BCUT2D eigenvalue weighted by Gasteiger charge is 2.41. The molecule has 0 bridgehead atoms. The lowest BCUT2D eigenvalue weighted by Crippen LogP contribution is -2.61. The van der Waals surface area contributed by atoms with Crippen LogP contribution in [0.5, 0.6) is 5.75 Å². The lowest BCUT2D eigenvalue weighted by Gasteiger charge is -2.31. The number of guanidine groups is 1. The van der Waals surface area contributed by atoms with Crippen molar-refractivity contribution >= 4 is 98.4 Å². The molecule has 79 heavy (non-hydrogen) atoms. The summed E-state index contributed by atoms with van der Waals surface area (Å²) in [6, 6.07) is 3.36. The van der Waals surface area contributed by atoms with Crippen molar-refractivity contribution in [3.8, 4) is 5.75 Å². The molecule has 2 aliphatic heterocycles. The van der Waals surface area contributed by atoms with Crippen molar-refractivity contribution in [1.82, 2.24) is 47.4 Å². The molecule has 2 aromatic carbocycles. The molecule has 2 saturated heterocycles. The molecule has 2 aromatic rings. The minimum atomic E-state index is -1.82. The summed E-state index contributed by atoms with van der Waals surface area (Å²) < 4.78 is 5.28. The monoisotopic (exact) mass is 1140 g/mol. The van der Waals surface area contributed by atoms with E-state index in [4.69, 9.17) is 33.4 Å². The third-order valence-electron chi connectivity index (χ3n) is 12.2. The molecular formula is C49H69N15O13S2. The van der Waals surface area contributed by atoms with Gasteiger partial charge in [-0.1, -0.05) is 64.1 Å². The molecule has 2 fully saturated rings. The summed E-state index contributed by atoms with van der Waals surface area (Å²) >= 11 is 0. The van der Waals surface area contributed by atoms with Crippen LogP contribution in [-0.2, 0) is 70.4 Å². The van der Waals surface area contributed by atoms with Gasteiger partial charge in [0.2, 0.25) is 70.9 Å². The number of nitrogens with two attached hydrogens (primary N) is 5. The van der Waals surface area contributed by atoms with Crippen molar-refractivity contribution in [1.29, 1.82) is 0 Å². The lowest BCUT2D eigenvalue weighted by atomic mass is 10.0. The Morgan fingerprint density at radius 3 is 1.90 bits per heavy atom. The van der Waals surface area contributed by atoms with Crippen molar-refractivity contribution < 1.29 is 62.3 Å². The number of methoxy groups -OCH3 is 1. The summed E-state index contributed by atoms with van der Waals surface area (Å²) in [7, 11) is 3.40. The summed E-state index contributed by atoms with van der Waals surface area (Å²) in [6.07, 6.45) is -1.49. The summed E-state index contributed by atoms with van der Waals surface area (Å²) in [5.41, 5.74) is 28.2. The van der Waals surface area contributed by atoms with Gasteiger partial charge < -0.3 is 80.8 Å². The predicted molar refractivity (Wildman–Crippen MR) is 290 cm³/mol. The number of rotatable bonds is 21. The van der Waals surface area contributed by atoms with Gasteiger partial charge in [-0.15, -0.1) is 0 Å². The van der Waals surface area contributed by atoms with Crippen LogP contribution in [-0.4, -0.2) is 168 Å². The second-order valence-electron chi connectivity index (χ2n) is 18.4. The average Bonchev–Trinajstić information content (AvgIpc) is 3.90. The van der Waals surface area contributed by atoms with Crippen molar-refractivity contribution in [2.75, 3.05) is 38.2 Å². The van der Waals surface area contributed by atoms with Crippen LogP contribution in [0.15, 0.2) is 59.6 Å². The van der Waals surface area contributed by atoms with Gasteiger partial charge in [-0.25, -0.2) is 0 Å². The van der Waals surface area contributed by atoms with Gasteiger partial charge in [0.15, 0.2) is 5.96 Å². The topological polar surface area (TPSA) is 456 Å². The van der Waals surface area contributed by atoms with Crippen molar-refractivity contribution in [3.63, 3.8) is 0 Å². The van der Waals surface area contributed by atoms with Crippen molar-refractivity contribution in [2.45, 2.75) is 113 Å². The van der Waals surface area contributed by atoms with E-state index in [0.29, 0.717) is 16.9 Å². The number of nitrogens with one attached hydrogen (secondary N) is 8. The van der Waals surface area contributed by atoms with E-state index in [0.717, 1.165) is 21.6 Å². The van der Waals surface area contributed by atoms with E-state index in [1.165, 1.54) is 18.9 Å². The van der Waals surface area contributed by atoms with Gasteiger partial charge in [-0.3, -0.25) is 62.5 Å². The second-order valence-corrected chi connectivity index (χ2v) is 21.0. The number of primary amides is 3. The molecule has 0 aromatic heterocycles. The molecule has 430 valence electrons. The number of likely N-dealkylation sites (tertiary alicyclic amines) is 1. The zero-order valence-electron chi connectivity index (χ0n) is 43.6. The van der Waals surface area contributed by atoms with E-state index in [-0.39, 0.29) is 69.1 Å². The Morgan fingerprint density at radius 2 is 1.30 bits per heavy atom. The normalized spacial score (nSPS) is 21.9. The molecule has 0 saturated carbocycles. The number of carbonyl (C=O) groups is 12. The van der Waals surface area contributed by atoms with Crippen molar-refractivity contribution in [3.05, 3.63) is 65.7 Å². The molecule has 30 heteroatoms. The smallest absolute Gasteiger partial charge is 0.246 e. The fourth-order valence-corrected chi connectivity index (χ4v) is 10.6. The zero-order chi connectivity index (χ0) is 58.2. The largest absolute Gasteiger partial charge is 0.497 e. The van der Waals surface area contributed by atoms with Crippen LogP contribution >= 0.6 is 21.6 Å². The third-order valence-corrected chi connectivity index (χ3v) is 14.6. The van der Waals surface area contributed by atoms with E-state index in [1.54, 1.807) is 54.6 Å². The van der Waals surface area contributed by atoms with E-state index < -0.39 is 145 Å². The Balaban J connectivity index is 1.77. The van der Waals surface area contributed by atoms with Gasteiger partial charge in [0, 0.05) is 50.8 Å². The van der Waals surface area contributed by atoms with E-state index in [1.807, 2.05) is 0 Å². The van der Waals surface area contributed by atoms with Crippen LogP contribution < -0.4 is 75.9 Å². The molecule has 2 heterocycles. The van der Waals surface area contributed by atoms with E-state index in [2.05, 4.69) is 47.5 Å². The average molecular weight is 1140 g/mol. The minimum absolute atomic E-state index is 0.0112. The van der Waals surface area contributed by atoms with E-state index >= 15 is 0 Å². The predicted octanol–water partition coefficient (Wildman–Crippen LogP) is -4.92.